The van der Waals surface area contributed by atoms with Gasteiger partial charge in [0.2, 0.25) is 0 Å². The molecule has 0 amide bonds. The number of methoxy groups -OCH3 is 2. The van der Waals surface area contributed by atoms with Crippen molar-refractivity contribution in [2.45, 2.75) is 12.8 Å². The van der Waals surface area contributed by atoms with Gasteiger partial charge in [0.25, 0.3) is 0 Å². The van der Waals surface area contributed by atoms with Gasteiger partial charge in [-0.05, 0) is 40.5 Å². The Morgan fingerprint density at radius 2 is 1.65 bits per heavy atom. The zero-order valence-corrected chi connectivity index (χ0v) is 15.8. The van der Waals surface area contributed by atoms with E-state index in [1.165, 1.54) is 27.5 Å². The highest BCUT2D eigenvalue weighted by Crippen LogP contribution is 2.33. The van der Waals surface area contributed by atoms with Gasteiger partial charge in [-0.15, -0.1) is 12.4 Å². The second kappa shape index (κ2) is 7.79. The maximum Gasteiger partial charge on any atom is 0.161 e. The molecule has 0 bridgehead atoms. The van der Waals surface area contributed by atoms with Gasteiger partial charge in [-0.2, -0.15) is 0 Å². The van der Waals surface area contributed by atoms with Gasteiger partial charge in [0.1, 0.15) is 0 Å². The first-order valence-electron chi connectivity index (χ1n) is 8.55. The fraction of sp³-hybridized carbons (Fsp3) is 0.227. The summed E-state index contributed by atoms with van der Waals surface area (Å²) in [6.07, 6.45) is 1.76. The van der Waals surface area contributed by atoms with E-state index in [9.17, 15) is 0 Å². The third-order valence-corrected chi connectivity index (χ3v) is 4.84. The number of nitrogens with zero attached hydrogens (tertiary/aromatic N) is 1. The lowest BCUT2D eigenvalue weighted by atomic mass is 9.91. The van der Waals surface area contributed by atoms with Crippen molar-refractivity contribution in [1.82, 2.24) is 0 Å². The minimum atomic E-state index is 0. The quantitative estimate of drug-likeness (QED) is 0.658. The number of hydrogen-bond donors (Lipinski definition) is 0. The van der Waals surface area contributed by atoms with E-state index in [1.807, 2.05) is 0 Å². The van der Waals surface area contributed by atoms with Gasteiger partial charge in [-0.1, -0.05) is 42.5 Å². The van der Waals surface area contributed by atoms with Crippen LogP contribution < -0.4 is 9.47 Å². The van der Waals surface area contributed by atoms with E-state index in [0.717, 1.165) is 36.6 Å². The van der Waals surface area contributed by atoms with Crippen molar-refractivity contribution >= 4 is 28.9 Å². The molecular weight excluding hydrogens is 346 g/mol. The van der Waals surface area contributed by atoms with Crippen LogP contribution in [0.25, 0.3) is 10.8 Å². The number of aliphatic imine (C=N–C) groups is 1. The Balaban J connectivity index is 0.00000196. The second-order valence-electron chi connectivity index (χ2n) is 6.26. The van der Waals surface area contributed by atoms with Crippen LogP contribution in [0, 0.1) is 0 Å². The summed E-state index contributed by atoms with van der Waals surface area (Å²) in [5, 5.41) is 2.56. The predicted molar refractivity (Wildman–Crippen MR) is 110 cm³/mol. The van der Waals surface area contributed by atoms with E-state index in [-0.39, 0.29) is 12.4 Å². The number of hydrogen-bond acceptors (Lipinski definition) is 3. The van der Waals surface area contributed by atoms with E-state index in [2.05, 4.69) is 54.6 Å². The van der Waals surface area contributed by atoms with Crippen LogP contribution in [-0.2, 0) is 12.8 Å². The van der Waals surface area contributed by atoms with Crippen LogP contribution in [0.1, 0.15) is 16.7 Å². The molecule has 0 aliphatic carbocycles. The molecule has 1 heterocycles. The molecule has 1 aliphatic rings. The maximum atomic E-state index is 5.49. The second-order valence-corrected chi connectivity index (χ2v) is 6.26. The molecule has 134 valence electrons. The summed E-state index contributed by atoms with van der Waals surface area (Å²) in [4.78, 5) is 4.82. The van der Waals surface area contributed by atoms with E-state index in [4.69, 9.17) is 14.5 Å². The fourth-order valence-electron chi connectivity index (χ4n) is 3.57. The normalized spacial score (nSPS) is 12.8. The number of fused-ring (bicyclic) bond motifs is 2. The van der Waals surface area contributed by atoms with Crippen molar-refractivity contribution < 1.29 is 9.47 Å². The maximum absolute atomic E-state index is 5.49. The molecule has 0 saturated heterocycles. The van der Waals surface area contributed by atoms with E-state index < -0.39 is 0 Å². The summed E-state index contributed by atoms with van der Waals surface area (Å²) in [5.41, 5.74) is 4.89. The average molecular weight is 368 g/mol. The van der Waals surface area contributed by atoms with Gasteiger partial charge in [-0.25, -0.2) is 0 Å². The van der Waals surface area contributed by atoms with Crippen molar-refractivity contribution in [3.05, 3.63) is 71.3 Å². The lowest BCUT2D eigenvalue weighted by Crippen LogP contribution is -2.16. The number of benzene rings is 3. The SMILES string of the molecule is COc1cc2c(cc1OC)C(Cc1cccc3ccccc13)=NCC2.Cl. The summed E-state index contributed by atoms with van der Waals surface area (Å²) in [6, 6.07) is 19.1. The Hall–Kier alpha value is -2.52. The Kier molecular flexibility index (Phi) is 5.48. The summed E-state index contributed by atoms with van der Waals surface area (Å²) < 4.78 is 10.9. The van der Waals surface area contributed by atoms with E-state index in [0.29, 0.717) is 0 Å². The third kappa shape index (κ3) is 3.27. The van der Waals surface area contributed by atoms with Crippen LogP contribution in [0.15, 0.2) is 59.6 Å². The third-order valence-electron chi connectivity index (χ3n) is 4.84. The molecule has 0 fully saturated rings. The van der Waals surface area contributed by atoms with Crippen LogP contribution in [0.5, 0.6) is 11.5 Å². The zero-order chi connectivity index (χ0) is 17.2. The van der Waals surface area contributed by atoms with Crippen LogP contribution in [0.3, 0.4) is 0 Å². The molecule has 4 heteroatoms. The van der Waals surface area contributed by atoms with Crippen molar-refractivity contribution in [1.29, 1.82) is 0 Å². The van der Waals surface area contributed by atoms with Crippen molar-refractivity contribution in [2.75, 3.05) is 20.8 Å². The summed E-state index contributed by atoms with van der Waals surface area (Å²) in [7, 11) is 3.35. The Morgan fingerprint density at radius 1 is 0.923 bits per heavy atom. The summed E-state index contributed by atoms with van der Waals surface area (Å²) in [6.45, 7) is 0.822. The molecule has 0 aromatic heterocycles. The van der Waals surface area contributed by atoms with E-state index >= 15 is 0 Å². The van der Waals surface area contributed by atoms with E-state index in [1.54, 1.807) is 14.2 Å². The highest BCUT2D eigenvalue weighted by molar-refractivity contribution is 6.06. The molecule has 1 aliphatic heterocycles. The molecule has 4 rings (SSSR count). The van der Waals surface area contributed by atoms with Gasteiger partial charge in [0, 0.05) is 24.2 Å². The lowest BCUT2D eigenvalue weighted by molar-refractivity contribution is 0.354. The molecular formula is C22H22ClNO2. The van der Waals surface area contributed by atoms with Crippen molar-refractivity contribution in [2.24, 2.45) is 4.99 Å². The zero-order valence-electron chi connectivity index (χ0n) is 15.0. The average Bonchev–Trinajstić information content (AvgIpc) is 2.67. The Labute approximate surface area is 160 Å². The molecule has 3 nitrogen and oxygen atoms in total. The van der Waals surface area contributed by atoms with Crippen LogP contribution in [0.2, 0.25) is 0 Å². The molecule has 0 radical (unpaired) electrons. The highest BCUT2D eigenvalue weighted by Gasteiger charge is 2.19. The number of rotatable bonds is 4. The first kappa shape index (κ1) is 18.3. The standard InChI is InChI=1S/C22H21NO2.ClH/c1-24-21-13-17-10-11-23-20(19(17)14-22(21)25-2)12-16-8-5-7-15-6-3-4-9-18(15)16;/h3-9,13-14H,10-12H2,1-2H3;1H. The fourth-order valence-corrected chi connectivity index (χ4v) is 3.57. The monoisotopic (exact) mass is 367 g/mol. The Bertz CT molecular complexity index is 960. The summed E-state index contributed by atoms with van der Waals surface area (Å²) >= 11 is 0. The minimum Gasteiger partial charge on any atom is -0.493 e. The molecule has 0 atom stereocenters. The smallest absolute Gasteiger partial charge is 0.161 e. The molecule has 0 N–H and O–H groups in total. The van der Waals surface area contributed by atoms with Crippen LogP contribution in [-0.4, -0.2) is 26.5 Å². The molecule has 26 heavy (non-hydrogen) atoms. The number of ether oxygens (including phenoxy) is 2. The van der Waals surface area contributed by atoms with Gasteiger partial charge < -0.3 is 9.47 Å². The van der Waals surface area contributed by atoms with Crippen molar-refractivity contribution in [3.63, 3.8) is 0 Å². The molecule has 3 aromatic carbocycles. The molecule has 0 saturated carbocycles. The largest absolute Gasteiger partial charge is 0.493 e. The van der Waals surface area contributed by atoms with Gasteiger partial charge >= 0.3 is 0 Å². The molecule has 3 aromatic rings. The topological polar surface area (TPSA) is 30.8 Å². The predicted octanol–water partition coefficient (Wildman–Crippen LogP) is 4.87. The van der Waals surface area contributed by atoms with Gasteiger partial charge in [0.15, 0.2) is 11.5 Å². The highest BCUT2D eigenvalue weighted by atomic mass is 35.5. The molecule has 0 unspecified atom stereocenters. The lowest BCUT2D eigenvalue weighted by Gasteiger charge is -2.20. The van der Waals surface area contributed by atoms with Crippen LogP contribution >= 0.6 is 12.4 Å². The van der Waals surface area contributed by atoms with Gasteiger partial charge in [-0.3, -0.25) is 4.99 Å². The molecule has 0 spiro atoms. The summed E-state index contributed by atoms with van der Waals surface area (Å²) in [5.74, 6) is 1.54. The minimum absolute atomic E-state index is 0. The Morgan fingerprint density at radius 3 is 2.46 bits per heavy atom. The van der Waals surface area contributed by atoms with Crippen molar-refractivity contribution in [3.8, 4) is 11.5 Å². The first-order valence-corrected chi connectivity index (χ1v) is 8.55. The number of halogens is 1. The first-order chi connectivity index (χ1) is 12.3. The van der Waals surface area contributed by atoms with Gasteiger partial charge in [0.05, 0.1) is 14.2 Å². The van der Waals surface area contributed by atoms with Crippen LogP contribution in [0.4, 0.5) is 0 Å².